The number of nitrogens with zero attached hydrogens (tertiary/aromatic N) is 5. The molecule has 0 aromatic carbocycles. The van der Waals surface area contributed by atoms with Crippen molar-refractivity contribution in [3.63, 3.8) is 0 Å². The Balaban J connectivity index is 1.60. The van der Waals surface area contributed by atoms with Gasteiger partial charge in [-0.3, -0.25) is 14.3 Å². The molecule has 0 bridgehead atoms. The minimum Gasteiger partial charge on any atom is -0.444 e. The van der Waals surface area contributed by atoms with E-state index < -0.39 is 5.60 Å². The van der Waals surface area contributed by atoms with Gasteiger partial charge in [0.2, 0.25) is 0 Å². The third-order valence-electron chi connectivity index (χ3n) is 5.97. The Labute approximate surface area is 177 Å². The molecule has 2 saturated heterocycles. The number of aromatic nitrogens is 2. The van der Waals surface area contributed by atoms with Crippen LogP contribution in [0.1, 0.15) is 27.7 Å². The maximum absolute atomic E-state index is 12.6. The number of anilines is 1. The van der Waals surface area contributed by atoms with Crippen LogP contribution in [0.4, 0.5) is 10.5 Å². The van der Waals surface area contributed by atoms with Crippen molar-refractivity contribution in [2.45, 2.75) is 45.4 Å². The summed E-state index contributed by atoms with van der Waals surface area (Å²) in [7, 11) is 1.75. The number of hydrogen-bond acceptors (Lipinski definition) is 6. The van der Waals surface area contributed by atoms with Gasteiger partial charge in [0.05, 0.1) is 5.69 Å². The third-order valence-corrected chi connectivity index (χ3v) is 5.97. The summed E-state index contributed by atoms with van der Waals surface area (Å²) in [5.74, 6) is 0. The van der Waals surface area contributed by atoms with Crippen LogP contribution in [0.5, 0.6) is 0 Å². The molecule has 0 spiro atoms. The first kappa shape index (κ1) is 20.7. The Bertz CT molecular complexity index is 1010. The molecule has 1 amide bonds. The standard InChI is InChI=1S/C22H31N5O3/c1-15-12-26(18-11-19(28)24(5)20-17(18)7-6-8-23-20)14-16-13-25(9-10-27(15)16)21(29)30-22(2,3)4/h6-8,11,15-16H,9-10,12-14H2,1-5H3/t15?,16-/m0/s1. The molecular weight excluding hydrogens is 382 g/mol. The molecular formula is C22H31N5O3. The number of aryl methyl sites for hydroxylation is 1. The zero-order valence-electron chi connectivity index (χ0n) is 18.5. The molecule has 4 heterocycles. The van der Waals surface area contributed by atoms with Gasteiger partial charge in [-0.2, -0.15) is 0 Å². The van der Waals surface area contributed by atoms with Crippen molar-refractivity contribution in [3.05, 3.63) is 34.7 Å². The molecule has 4 rings (SSSR count). The SMILES string of the molecule is CC1CN(c2cc(=O)n(C)c3ncccc23)C[C@@H]2CN(C(=O)OC(C)(C)C)CCN12. The van der Waals surface area contributed by atoms with Gasteiger partial charge in [0.1, 0.15) is 11.2 Å². The fraction of sp³-hybridized carbons (Fsp3) is 0.591. The normalized spacial score (nSPS) is 22.8. The van der Waals surface area contributed by atoms with E-state index in [4.69, 9.17) is 4.74 Å². The zero-order chi connectivity index (χ0) is 21.6. The predicted octanol–water partition coefficient (Wildman–Crippen LogP) is 2.06. The van der Waals surface area contributed by atoms with Crippen molar-refractivity contribution in [2.24, 2.45) is 7.05 Å². The first-order chi connectivity index (χ1) is 14.1. The zero-order valence-corrected chi connectivity index (χ0v) is 18.5. The van der Waals surface area contributed by atoms with E-state index in [0.29, 0.717) is 24.8 Å². The van der Waals surface area contributed by atoms with Gasteiger partial charge in [-0.25, -0.2) is 9.78 Å². The van der Waals surface area contributed by atoms with E-state index >= 15 is 0 Å². The summed E-state index contributed by atoms with van der Waals surface area (Å²) < 4.78 is 7.17. The van der Waals surface area contributed by atoms with Crippen molar-refractivity contribution in [3.8, 4) is 0 Å². The second kappa shape index (κ2) is 7.58. The molecule has 2 aromatic heterocycles. The summed E-state index contributed by atoms with van der Waals surface area (Å²) in [4.78, 5) is 36.1. The van der Waals surface area contributed by atoms with E-state index in [1.54, 1.807) is 23.9 Å². The molecule has 2 atom stereocenters. The summed E-state index contributed by atoms with van der Waals surface area (Å²) in [6, 6.07) is 6.13. The van der Waals surface area contributed by atoms with Crippen LogP contribution in [-0.2, 0) is 11.8 Å². The highest BCUT2D eigenvalue weighted by atomic mass is 16.6. The van der Waals surface area contributed by atoms with Crippen molar-refractivity contribution < 1.29 is 9.53 Å². The molecule has 0 radical (unpaired) electrons. The molecule has 162 valence electrons. The van der Waals surface area contributed by atoms with Crippen molar-refractivity contribution in [2.75, 3.05) is 37.6 Å². The maximum atomic E-state index is 12.6. The number of rotatable bonds is 1. The highest BCUT2D eigenvalue weighted by Crippen LogP contribution is 2.29. The molecule has 8 nitrogen and oxygen atoms in total. The van der Waals surface area contributed by atoms with Crippen LogP contribution < -0.4 is 10.5 Å². The molecule has 2 aromatic rings. The fourth-order valence-corrected chi connectivity index (χ4v) is 4.58. The molecule has 0 aliphatic carbocycles. The topological polar surface area (TPSA) is 70.9 Å². The Kier molecular flexibility index (Phi) is 5.22. The molecule has 0 N–H and O–H groups in total. The van der Waals surface area contributed by atoms with Crippen molar-refractivity contribution in [1.82, 2.24) is 19.4 Å². The second-order valence-corrected chi connectivity index (χ2v) is 9.37. The molecule has 2 aliphatic heterocycles. The first-order valence-corrected chi connectivity index (χ1v) is 10.6. The van der Waals surface area contributed by atoms with Gasteiger partial charge in [0.25, 0.3) is 5.56 Å². The Morgan fingerprint density at radius 2 is 1.97 bits per heavy atom. The first-order valence-electron chi connectivity index (χ1n) is 10.6. The number of carbonyl (C=O) groups is 1. The highest BCUT2D eigenvalue weighted by molar-refractivity contribution is 5.89. The number of piperazine rings is 2. The Hall–Kier alpha value is -2.61. The maximum Gasteiger partial charge on any atom is 0.410 e. The van der Waals surface area contributed by atoms with E-state index in [9.17, 15) is 9.59 Å². The van der Waals surface area contributed by atoms with Gasteiger partial charge in [0, 0.05) is 69.5 Å². The van der Waals surface area contributed by atoms with E-state index in [2.05, 4.69) is 21.7 Å². The lowest BCUT2D eigenvalue weighted by Crippen LogP contribution is -2.66. The lowest BCUT2D eigenvalue weighted by molar-refractivity contribution is -0.00654. The predicted molar refractivity (Wildman–Crippen MR) is 117 cm³/mol. The number of amides is 1. The van der Waals surface area contributed by atoms with Crippen LogP contribution in [0.3, 0.4) is 0 Å². The number of carbonyl (C=O) groups excluding carboxylic acids is 1. The molecule has 2 aliphatic rings. The molecule has 2 fully saturated rings. The van der Waals surface area contributed by atoms with E-state index in [1.165, 1.54) is 0 Å². The summed E-state index contributed by atoms with van der Waals surface area (Å²) in [5, 5.41) is 0.972. The van der Waals surface area contributed by atoms with Crippen molar-refractivity contribution in [1.29, 1.82) is 0 Å². The molecule has 0 saturated carbocycles. The lowest BCUT2D eigenvalue weighted by atomic mass is 10.0. The number of pyridine rings is 2. The second-order valence-electron chi connectivity index (χ2n) is 9.37. The van der Waals surface area contributed by atoms with Crippen molar-refractivity contribution >= 4 is 22.8 Å². The minimum atomic E-state index is -0.504. The van der Waals surface area contributed by atoms with Crippen LogP contribution in [-0.4, -0.2) is 75.9 Å². The summed E-state index contributed by atoms with van der Waals surface area (Å²) >= 11 is 0. The highest BCUT2D eigenvalue weighted by Gasteiger charge is 2.39. The van der Waals surface area contributed by atoms with E-state index in [0.717, 1.165) is 30.7 Å². The molecule has 30 heavy (non-hydrogen) atoms. The number of hydrogen-bond donors (Lipinski definition) is 0. The largest absolute Gasteiger partial charge is 0.444 e. The smallest absolute Gasteiger partial charge is 0.410 e. The Morgan fingerprint density at radius 3 is 2.70 bits per heavy atom. The van der Waals surface area contributed by atoms with Crippen LogP contribution in [0, 0.1) is 0 Å². The average Bonchev–Trinajstić information content (AvgIpc) is 2.69. The number of ether oxygens (including phenoxy) is 1. The van der Waals surface area contributed by atoms with Crippen LogP contribution in [0.25, 0.3) is 11.0 Å². The third kappa shape index (κ3) is 3.88. The summed E-state index contributed by atoms with van der Waals surface area (Å²) in [6.07, 6.45) is 1.46. The Morgan fingerprint density at radius 1 is 1.20 bits per heavy atom. The van der Waals surface area contributed by atoms with E-state index in [-0.39, 0.29) is 17.7 Å². The lowest BCUT2D eigenvalue weighted by Gasteiger charge is -2.51. The average molecular weight is 414 g/mol. The summed E-state index contributed by atoms with van der Waals surface area (Å²) in [6.45, 7) is 11.6. The number of fused-ring (bicyclic) bond motifs is 2. The van der Waals surface area contributed by atoms with Crippen LogP contribution >= 0.6 is 0 Å². The van der Waals surface area contributed by atoms with Crippen LogP contribution in [0.2, 0.25) is 0 Å². The van der Waals surface area contributed by atoms with Gasteiger partial charge >= 0.3 is 6.09 Å². The quantitative estimate of drug-likeness (QED) is 0.713. The van der Waals surface area contributed by atoms with Gasteiger partial charge < -0.3 is 14.5 Å². The van der Waals surface area contributed by atoms with Gasteiger partial charge in [-0.15, -0.1) is 0 Å². The van der Waals surface area contributed by atoms with Crippen LogP contribution in [0.15, 0.2) is 29.2 Å². The van der Waals surface area contributed by atoms with Gasteiger partial charge in [-0.1, -0.05) is 0 Å². The van der Waals surface area contributed by atoms with E-state index in [1.807, 2.05) is 37.8 Å². The monoisotopic (exact) mass is 413 g/mol. The van der Waals surface area contributed by atoms with Gasteiger partial charge in [-0.05, 0) is 39.8 Å². The minimum absolute atomic E-state index is 0.0645. The van der Waals surface area contributed by atoms with Gasteiger partial charge in [0.15, 0.2) is 0 Å². The molecule has 1 unspecified atom stereocenters. The molecule has 8 heteroatoms. The summed E-state index contributed by atoms with van der Waals surface area (Å²) in [5.41, 5.74) is 1.04. The fourth-order valence-electron chi connectivity index (χ4n) is 4.58.